The molecule has 2 amide bonds. The summed E-state index contributed by atoms with van der Waals surface area (Å²) in [5.74, 6) is -5.38. The van der Waals surface area contributed by atoms with Gasteiger partial charge in [-0.05, 0) is 13.8 Å². The molecule has 0 aliphatic carbocycles. The largest absolute Gasteiger partial charge is 0.463 e. The van der Waals surface area contributed by atoms with Crippen LogP contribution < -0.4 is 9.64 Å². The number of carbonyl (C=O) groups is 3. The summed E-state index contributed by atoms with van der Waals surface area (Å²) >= 11 is 0. The first kappa shape index (κ1) is 24.3. The number of nitrogens with zero attached hydrogens (tertiary/aromatic N) is 1. The molecule has 0 aliphatic rings. The maximum Gasteiger partial charge on any atom is 0.421 e. The second-order valence-corrected chi connectivity index (χ2v) is 6.75. The van der Waals surface area contributed by atoms with E-state index < -0.39 is 58.8 Å². The molecule has 0 fully saturated rings. The van der Waals surface area contributed by atoms with E-state index in [1.165, 1.54) is 41.7 Å². The zero-order valence-electron chi connectivity index (χ0n) is 17.3. The van der Waals surface area contributed by atoms with Crippen molar-refractivity contribution in [2.75, 3.05) is 32.0 Å². The molecule has 0 unspecified atom stereocenters. The highest BCUT2D eigenvalue weighted by Crippen LogP contribution is 2.38. The summed E-state index contributed by atoms with van der Waals surface area (Å²) in [6.07, 6.45) is -1.24. The fraction of sp³-hybridized carbons (Fsp3) is 0.526. The van der Waals surface area contributed by atoms with Gasteiger partial charge < -0.3 is 18.9 Å². The Labute approximate surface area is 167 Å². The normalized spacial score (nSPS) is 11.0. The summed E-state index contributed by atoms with van der Waals surface area (Å²) < 4.78 is 48.8. The first-order valence-corrected chi connectivity index (χ1v) is 8.83. The second kappa shape index (κ2) is 10.1. The molecule has 0 bridgehead atoms. The van der Waals surface area contributed by atoms with Crippen LogP contribution in [0.1, 0.15) is 45.0 Å². The fourth-order valence-electron chi connectivity index (χ4n) is 2.26. The van der Waals surface area contributed by atoms with Crippen molar-refractivity contribution in [1.82, 2.24) is 0 Å². The number of anilines is 1. The van der Waals surface area contributed by atoms with E-state index in [-0.39, 0.29) is 13.2 Å². The fourth-order valence-corrected chi connectivity index (χ4v) is 2.26. The standard InChI is InChI=1S/C19H25F2NO7/c1-7-27-16(23)13-14(11(20)9-12(21)15(13)29-10-26-6)22(18(25)28-8-2)17(24)19(3,4)5/h9H,7-8,10H2,1-6H3. The Kier molecular flexibility index (Phi) is 8.50. The number of benzene rings is 1. The summed E-state index contributed by atoms with van der Waals surface area (Å²) in [4.78, 5) is 38.4. The monoisotopic (exact) mass is 417 g/mol. The van der Waals surface area contributed by atoms with Gasteiger partial charge in [-0.3, -0.25) is 4.79 Å². The minimum Gasteiger partial charge on any atom is -0.463 e. The van der Waals surface area contributed by atoms with Crippen molar-refractivity contribution >= 4 is 23.7 Å². The summed E-state index contributed by atoms with van der Waals surface area (Å²) in [6.45, 7) is 6.66. The van der Waals surface area contributed by atoms with Crippen LogP contribution in [0.3, 0.4) is 0 Å². The molecule has 162 valence electrons. The molecule has 29 heavy (non-hydrogen) atoms. The third kappa shape index (κ3) is 5.63. The van der Waals surface area contributed by atoms with E-state index in [9.17, 15) is 23.2 Å². The number of rotatable bonds is 7. The molecule has 0 saturated heterocycles. The van der Waals surface area contributed by atoms with Crippen LogP contribution in [-0.4, -0.2) is 45.1 Å². The van der Waals surface area contributed by atoms with Crippen LogP contribution in [0.2, 0.25) is 0 Å². The van der Waals surface area contributed by atoms with Crippen molar-refractivity contribution in [2.24, 2.45) is 5.41 Å². The number of amides is 2. The van der Waals surface area contributed by atoms with Gasteiger partial charge in [-0.2, -0.15) is 0 Å². The molecule has 1 rings (SSSR count). The second-order valence-electron chi connectivity index (χ2n) is 6.75. The summed E-state index contributed by atoms with van der Waals surface area (Å²) in [6, 6.07) is 0.394. The van der Waals surface area contributed by atoms with Crippen LogP contribution >= 0.6 is 0 Å². The van der Waals surface area contributed by atoms with Crippen LogP contribution in [-0.2, 0) is 19.0 Å². The van der Waals surface area contributed by atoms with E-state index in [4.69, 9.17) is 18.9 Å². The number of imide groups is 1. The minimum absolute atomic E-state index is 0.128. The van der Waals surface area contributed by atoms with Crippen LogP contribution in [0.15, 0.2) is 6.07 Å². The molecule has 0 spiro atoms. The lowest BCUT2D eigenvalue weighted by Gasteiger charge is -2.29. The van der Waals surface area contributed by atoms with Gasteiger partial charge in [0.1, 0.15) is 11.3 Å². The average molecular weight is 417 g/mol. The Morgan fingerprint density at radius 2 is 1.62 bits per heavy atom. The lowest BCUT2D eigenvalue weighted by Crippen LogP contribution is -2.45. The highest BCUT2D eigenvalue weighted by Gasteiger charge is 2.40. The van der Waals surface area contributed by atoms with Gasteiger partial charge in [-0.25, -0.2) is 23.3 Å². The molecular formula is C19H25F2NO7. The van der Waals surface area contributed by atoms with Gasteiger partial charge in [0.25, 0.3) is 0 Å². The first-order chi connectivity index (χ1) is 13.5. The molecule has 1 aromatic carbocycles. The number of hydrogen-bond donors (Lipinski definition) is 0. The number of esters is 1. The van der Waals surface area contributed by atoms with E-state index >= 15 is 0 Å². The highest BCUT2D eigenvalue weighted by atomic mass is 19.1. The Bertz CT molecular complexity index is 775. The SMILES string of the molecule is CCOC(=O)c1c(OCOC)c(F)cc(F)c1N(C(=O)OCC)C(=O)C(C)(C)C. The Morgan fingerprint density at radius 1 is 1.03 bits per heavy atom. The predicted octanol–water partition coefficient (Wildman–Crippen LogP) is 3.66. The van der Waals surface area contributed by atoms with Gasteiger partial charge in [0, 0.05) is 18.6 Å². The zero-order valence-corrected chi connectivity index (χ0v) is 17.3. The van der Waals surface area contributed by atoms with Crippen LogP contribution in [0.25, 0.3) is 0 Å². The van der Waals surface area contributed by atoms with E-state index in [2.05, 4.69) is 0 Å². The molecule has 10 heteroatoms. The van der Waals surface area contributed by atoms with Gasteiger partial charge in [0.2, 0.25) is 5.91 Å². The van der Waals surface area contributed by atoms with Crippen molar-refractivity contribution in [3.05, 3.63) is 23.3 Å². The van der Waals surface area contributed by atoms with E-state index in [1.54, 1.807) is 0 Å². The number of ether oxygens (including phenoxy) is 4. The molecule has 0 radical (unpaired) electrons. The molecule has 0 saturated carbocycles. The number of methoxy groups -OCH3 is 1. The molecule has 1 aromatic rings. The van der Waals surface area contributed by atoms with Gasteiger partial charge in [0.05, 0.1) is 13.2 Å². The quantitative estimate of drug-likeness (QED) is 0.494. The lowest BCUT2D eigenvalue weighted by molar-refractivity contribution is -0.125. The van der Waals surface area contributed by atoms with Crippen molar-refractivity contribution in [1.29, 1.82) is 0 Å². The zero-order chi connectivity index (χ0) is 22.4. The van der Waals surface area contributed by atoms with Crippen molar-refractivity contribution < 1.29 is 42.1 Å². The van der Waals surface area contributed by atoms with Crippen LogP contribution in [0, 0.1) is 17.0 Å². The first-order valence-electron chi connectivity index (χ1n) is 8.83. The van der Waals surface area contributed by atoms with Crippen LogP contribution in [0.4, 0.5) is 19.3 Å². The minimum atomic E-state index is -1.35. The number of carbonyl (C=O) groups excluding carboxylic acids is 3. The van der Waals surface area contributed by atoms with Gasteiger partial charge in [-0.1, -0.05) is 20.8 Å². The summed E-state index contributed by atoms with van der Waals surface area (Å²) in [5, 5.41) is 0. The van der Waals surface area contributed by atoms with Gasteiger partial charge in [0.15, 0.2) is 24.2 Å². The Balaban J connectivity index is 3.88. The molecule has 0 aliphatic heterocycles. The summed E-state index contributed by atoms with van der Waals surface area (Å²) in [7, 11) is 1.25. The van der Waals surface area contributed by atoms with E-state index in [1.807, 2.05) is 0 Å². The lowest BCUT2D eigenvalue weighted by atomic mass is 9.94. The van der Waals surface area contributed by atoms with Gasteiger partial charge >= 0.3 is 12.1 Å². The molecular weight excluding hydrogens is 392 g/mol. The smallest absolute Gasteiger partial charge is 0.421 e. The highest BCUT2D eigenvalue weighted by molar-refractivity contribution is 6.17. The van der Waals surface area contributed by atoms with Crippen molar-refractivity contribution in [3.63, 3.8) is 0 Å². The van der Waals surface area contributed by atoms with Gasteiger partial charge in [-0.15, -0.1) is 0 Å². The third-order valence-electron chi connectivity index (χ3n) is 3.48. The van der Waals surface area contributed by atoms with E-state index in [0.717, 1.165) is 0 Å². The maximum atomic E-state index is 14.9. The Morgan fingerprint density at radius 3 is 2.10 bits per heavy atom. The van der Waals surface area contributed by atoms with Crippen LogP contribution in [0.5, 0.6) is 5.75 Å². The number of halogens is 2. The van der Waals surface area contributed by atoms with Crippen molar-refractivity contribution in [3.8, 4) is 5.75 Å². The average Bonchev–Trinajstić information content (AvgIpc) is 2.61. The summed E-state index contributed by atoms with van der Waals surface area (Å²) in [5.41, 5.74) is -2.77. The molecule has 8 nitrogen and oxygen atoms in total. The molecule has 0 N–H and O–H groups in total. The van der Waals surface area contributed by atoms with Crippen molar-refractivity contribution in [2.45, 2.75) is 34.6 Å². The predicted molar refractivity (Wildman–Crippen MR) is 98.8 cm³/mol. The topological polar surface area (TPSA) is 91.4 Å². The molecule has 0 heterocycles. The molecule has 0 atom stereocenters. The van der Waals surface area contributed by atoms with E-state index in [0.29, 0.717) is 11.0 Å². The number of hydrogen-bond acceptors (Lipinski definition) is 7. The maximum absolute atomic E-state index is 14.9. The Hall–Kier alpha value is -2.75. The third-order valence-corrected chi connectivity index (χ3v) is 3.48. The molecule has 0 aromatic heterocycles.